The largest absolute Gasteiger partial charge is 0.475 e. The number of ketones is 1. The number of halogens is 3. The van der Waals surface area contributed by atoms with Crippen LogP contribution in [0.25, 0.3) is 22.0 Å². The van der Waals surface area contributed by atoms with Gasteiger partial charge < -0.3 is 20.6 Å². The van der Waals surface area contributed by atoms with Gasteiger partial charge in [0.15, 0.2) is 0 Å². The number of hydrogen-bond donors (Lipinski definition) is 4. The van der Waals surface area contributed by atoms with Gasteiger partial charge in [-0.3, -0.25) is 14.9 Å². The molecule has 2 unspecified atom stereocenters. The number of aromatic nitrogens is 1. The number of Topliss-reactive ketones (excluding diaryl/α,β-unsaturated/α-hetero) is 1. The molecule has 1 aromatic heterocycles. The molecule has 5 N–H and O–H groups in total. The van der Waals surface area contributed by atoms with Crippen LogP contribution in [0.1, 0.15) is 23.8 Å². The zero-order valence-corrected chi connectivity index (χ0v) is 18.3. The van der Waals surface area contributed by atoms with Crippen LogP contribution in [-0.2, 0) is 20.5 Å². The van der Waals surface area contributed by atoms with Crippen molar-refractivity contribution in [2.24, 2.45) is 11.7 Å². The van der Waals surface area contributed by atoms with Crippen molar-refractivity contribution in [1.29, 1.82) is 0 Å². The molecule has 4 rings (SSSR count). The first-order valence-electron chi connectivity index (χ1n) is 10.8. The van der Waals surface area contributed by atoms with Crippen molar-refractivity contribution < 1.29 is 32.6 Å². The first-order chi connectivity index (χ1) is 16.6. The fraction of sp³-hybridized carbons (Fsp3) is 0.292. The fourth-order valence-corrected chi connectivity index (χ4v) is 4.22. The Morgan fingerprint density at radius 1 is 1.17 bits per heavy atom. The Bertz CT molecular complexity index is 1340. The number of rotatable bonds is 7. The molecule has 35 heavy (non-hydrogen) atoms. The van der Waals surface area contributed by atoms with E-state index in [4.69, 9.17) is 15.6 Å². The summed E-state index contributed by atoms with van der Waals surface area (Å²) in [6.07, 6.45) is -5.53. The molecular formula is C24H22F3N3O5. The van der Waals surface area contributed by atoms with Crippen LogP contribution in [0.4, 0.5) is 13.2 Å². The molecule has 2 aromatic carbocycles. The maximum absolute atomic E-state index is 13.4. The number of carboxylic acid groups (broad SMARTS) is 1. The Balaban J connectivity index is 1.58. The highest BCUT2D eigenvalue weighted by molar-refractivity contribution is 6.33. The number of alkyl halides is 3. The number of carboxylic acids is 1. The van der Waals surface area contributed by atoms with Gasteiger partial charge in [0.1, 0.15) is 6.23 Å². The van der Waals surface area contributed by atoms with E-state index in [9.17, 15) is 27.6 Å². The maximum Gasteiger partial charge on any atom is 0.417 e. The monoisotopic (exact) mass is 489 g/mol. The zero-order valence-electron chi connectivity index (χ0n) is 18.3. The third-order valence-corrected chi connectivity index (χ3v) is 5.97. The van der Waals surface area contributed by atoms with Crippen molar-refractivity contribution >= 4 is 22.5 Å². The highest BCUT2D eigenvalue weighted by atomic mass is 19.4. The molecular weight excluding hydrogens is 467 g/mol. The van der Waals surface area contributed by atoms with Gasteiger partial charge in [0, 0.05) is 35.7 Å². The van der Waals surface area contributed by atoms with E-state index >= 15 is 0 Å². The topological polar surface area (TPSA) is 135 Å². The number of H-pyrrole nitrogens is 1. The minimum Gasteiger partial charge on any atom is -0.475 e. The highest BCUT2D eigenvalue weighted by Gasteiger charge is 2.34. The van der Waals surface area contributed by atoms with E-state index in [2.05, 4.69) is 10.3 Å². The molecule has 1 aliphatic heterocycles. The average molecular weight is 489 g/mol. The van der Waals surface area contributed by atoms with Crippen LogP contribution in [0.5, 0.6) is 0 Å². The summed E-state index contributed by atoms with van der Waals surface area (Å²) in [6, 6.07) is 11.4. The standard InChI is InChI=1S/C24H22F3N3O5/c25-24(26,27)18-4-2-1-3-16(18)19-9-12-5-6-13(8-17(12)21(32)30-19)22-29-11-15(35-22)7-14(10-28)20(31)23(33)34/h1-6,8-9,14-15,22,29H,7,10-11,28H2,(H,30,32)(H,33,34)/t14-,15?,22?/m1/s1. The lowest BCUT2D eigenvalue weighted by molar-refractivity contribution is -0.151. The van der Waals surface area contributed by atoms with Crippen molar-refractivity contribution in [2.75, 3.05) is 13.1 Å². The first kappa shape index (κ1) is 24.6. The van der Waals surface area contributed by atoms with E-state index in [0.717, 1.165) is 6.07 Å². The summed E-state index contributed by atoms with van der Waals surface area (Å²) in [6.45, 7) is 0.219. The number of carbonyl (C=O) groups is 2. The summed E-state index contributed by atoms with van der Waals surface area (Å²) in [5, 5.41) is 12.7. The highest BCUT2D eigenvalue weighted by Crippen LogP contribution is 2.36. The second-order valence-corrected chi connectivity index (χ2v) is 8.29. The van der Waals surface area contributed by atoms with Gasteiger partial charge in [-0.25, -0.2) is 4.79 Å². The fourth-order valence-electron chi connectivity index (χ4n) is 4.22. The van der Waals surface area contributed by atoms with Gasteiger partial charge >= 0.3 is 12.1 Å². The summed E-state index contributed by atoms with van der Waals surface area (Å²) in [7, 11) is 0. The van der Waals surface area contributed by atoms with Gasteiger partial charge in [-0.1, -0.05) is 30.3 Å². The molecule has 0 saturated carbocycles. The van der Waals surface area contributed by atoms with Crippen LogP contribution in [0.2, 0.25) is 0 Å². The summed E-state index contributed by atoms with van der Waals surface area (Å²) >= 11 is 0. The Kier molecular flexibility index (Phi) is 6.75. The number of pyridine rings is 1. The van der Waals surface area contributed by atoms with Gasteiger partial charge in [0.25, 0.3) is 5.56 Å². The number of nitrogens with one attached hydrogen (secondary N) is 2. The molecule has 3 atom stereocenters. The van der Waals surface area contributed by atoms with Crippen molar-refractivity contribution in [1.82, 2.24) is 10.3 Å². The van der Waals surface area contributed by atoms with Gasteiger partial charge in [0.2, 0.25) is 5.78 Å². The predicted molar refractivity (Wildman–Crippen MR) is 120 cm³/mol. The quantitative estimate of drug-likeness (QED) is 0.375. The van der Waals surface area contributed by atoms with Crippen LogP contribution in [-0.4, -0.2) is 41.0 Å². The predicted octanol–water partition coefficient (Wildman–Crippen LogP) is 2.82. The number of fused-ring (bicyclic) bond motifs is 1. The Morgan fingerprint density at radius 2 is 1.91 bits per heavy atom. The summed E-state index contributed by atoms with van der Waals surface area (Å²) < 4.78 is 46.2. The lowest BCUT2D eigenvalue weighted by Crippen LogP contribution is -2.33. The average Bonchev–Trinajstić information content (AvgIpc) is 3.30. The van der Waals surface area contributed by atoms with E-state index < -0.39 is 47.3 Å². The van der Waals surface area contributed by atoms with Crippen LogP contribution in [0.3, 0.4) is 0 Å². The number of hydrogen-bond acceptors (Lipinski definition) is 6. The molecule has 3 aromatic rings. The van der Waals surface area contributed by atoms with Gasteiger partial charge in [0.05, 0.1) is 11.7 Å². The SMILES string of the molecule is NC[C@@H](CC1CNC(c2ccc3cc(-c4ccccc4C(F)(F)F)[nH]c(=O)c3c2)O1)C(=O)C(=O)O. The Labute approximate surface area is 196 Å². The molecule has 0 bridgehead atoms. The molecule has 0 aliphatic carbocycles. The number of aromatic amines is 1. The van der Waals surface area contributed by atoms with E-state index in [0.29, 0.717) is 17.5 Å². The normalized spacial score (nSPS) is 19.1. The maximum atomic E-state index is 13.4. The number of aliphatic carboxylic acids is 1. The van der Waals surface area contributed by atoms with Crippen LogP contribution >= 0.6 is 0 Å². The summed E-state index contributed by atoms with van der Waals surface area (Å²) in [4.78, 5) is 38.0. The number of benzene rings is 2. The summed E-state index contributed by atoms with van der Waals surface area (Å²) in [5.74, 6) is -3.40. The van der Waals surface area contributed by atoms with Crippen molar-refractivity contribution in [3.8, 4) is 11.3 Å². The van der Waals surface area contributed by atoms with Crippen molar-refractivity contribution in [3.63, 3.8) is 0 Å². The molecule has 1 fully saturated rings. The third kappa shape index (κ3) is 5.11. The molecule has 184 valence electrons. The zero-order chi connectivity index (χ0) is 25.3. The molecule has 1 saturated heterocycles. The molecule has 0 spiro atoms. The van der Waals surface area contributed by atoms with E-state index in [-0.39, 0.29) is 29.6 Å². The van der Waals surface area contributed by atoms with E-state index in [1.165, 1.54) is 24.3 Å². The number of carbonyl (C=O) groups excluding carboxylic acids is 1. The Morgan fingerprint density at radius 3 is 2.60 bits per heavy atom. The molecule has 8 nitrogen and oxygen atoms in total. The Hall–Kier alpha value is -3.54. The van der Waals surface area contributed by atoms with Gasteiger partial charge in [-0.15, -0.1) is 0 Å². The smallest absolute Gasteiger partial charge is 0.417 e. The van der Waals surface area contributed by atoms with E-state index in [1.54, 1.807) is 18.2 Å². The number of nitrogens with two attached hydrogens (primary N) is 1. The van der Waals surface area contributed by atoms with Crippen molar-refractivity contribution in [2.45, 2.75) is 24.9 Å². The lowest BCUT2D eigenvalue weighted by Gasteiger charge is -2.17. The number of ether oxygens (including phenoxy) is 1. The van der Waals surface area contributed by atoms with Crippen LogP contribution in [0.15, 0.2) is 53.3 Å². The minimum atomic E-state index is -4.58. The van der Waals surface area contributed by atoms with Gasteiger partial charge in [-0.2, -0.15) is 13.2 Å². The molecule has 1 aliphatic rings. The van der Waals surface area contributed by atoms with Gasteiger partial charge in [-0.05, 0) is 35.6 Å². The molecule has 0 amide bonds. The molecule has 0 radical (unpaired) electrons. The lowest BCUT2D eigenvalue weighted by atomic mass is 9.97. The third-order valence-electron chi connectivity index (χ3n) is 5.97. The van der Waals surface area contributed by atoms with Crippen LogP contribution < -0.4 is 16.6 Å². The second-order valence-electron chi connectivity index (χ2n) is 8.29. The molecule has 11 heteroatoms. The van der Waals surface area contributed by atoms with Crippen LogP contribution in [0, 0.1) is 5.92 Å². The minimum absolute atomic E-state index is 0.0504. The summed E-state index contributed by atoms with van der Waals surface area (Å²) in [5.41, 5.74) is 4.66. The van der Waals surface area contributed by atoms with E-state index in [1.807, 2.05) is 0 Å². The first-order valence-corrected chi connectivity index (χ1v) is 10.8. The second kappa shape index (κ2) is 9.61. The molecule has 2 heterocycles. The van der Waals surface area contributed by atoms with Crippen molar-refractivity contribution in [3.05, 3.63) is 70.0 Å².